The number of H-pyrrole nitrogens is 1. The predicted molar refractivity (Wildman–Crippen MR) is 539 cm³/mol. The predicted octanol–water partition coefficient (Wildman–Crippen LogP) is 20.5. The number of anilines is 11. The third-order valence-corrected chi connectivity index (χ3v) is 26.7. The molecule has 135 heavy (non-hydrogen) atoms. The number of aromatic nitrogens is 12. The largest absolute Gasteiger partial charge is 0.356 e. The molecular formula is C106H105F3N26. The van der Waals surface area contributed by atoms with Crippen molar-refractivity contribution >= 4 is 152 Å². The van der Waals surface area contributed by atoms with Crippen LogP contribution in [0.4, 0.5) is 76.5 Å². The number of aliphatic imine (C=N–C) groups is 4. The Hall–Kier alpha value is -15.2. The molecule has 3 atom stereocenters. The maximum Gasteiger partial charge on any atom is 0.183 e. The molecule has 6 N–H and O–H groups in total. The van der Waals surface area contributed by atoms with Gasteiger partial charge in [0.15, 0.2) is 23.2 Å². The van der Waals surface area contributed by atoms with Crippen LogP contribution in [0.1, 0.15) is 124 Å². The molecule has 0 amide bonds. The van der Waals surface area contributed by atoms with E-state index in [2.05, 4.69) is 243 Å². The number of rotatable bonds is 11. The van der Waals surface area contributed by atoms with Crippen molar-refractivity contribution in [2.24, 2.45) is 31.8 Å². The third-order valence-electron chi connectivity index (χ3n) is 26.7. The molecule has 16 aromatic rings. The standard InChI is InChI=1S/C22H22FN5.C22H23N5.2C21H20FN5.C20H20N6/c1-22(23)7-11-28(12-8-22)21-18-5-4-17(13-15(18)6-10-25-21)27-20-19-16(14-26-20)3-2-9-24-19;1-15-7-11-27(12-8-15)22-19-5-4-18(13-16(19)6-10-24-22)26-21-20-17(14-25-21)3-2-9-23-20;22-15-3-2-10-27(13-15)21-17-6-5-16(11-14(17)7-9-24-21)26-20-18-4-1-8-23-19(18)12-25-20;22-16-4-2-10-27(13-16)21-18-6-5-17(11-14(18)7-9-24-21)26-20-19-15(12-25-20)3-1-8-23-19;1-13-7-10-26(12-13)20-16-5-4-15(11-14(16)6-9-22-20)23-19-17-3-2-8-21-18(17)24-25-19/h2-6,9-10,13H,7-8,11-12,14H2,1H3,(H,26,27);2-6,9-10,13,15H,7-8,11-12,14H2,1H3,(H,25,26);1,4-9,11,15H,2-3,10,12-13H2,(H,25,26);1,3,5-9,11,16H,2,4,10,12-13H2,(H,25,26);2-6,8-9,11,13H,7,10,12H2,1H3,(H2,21,23,24,25)/t;;;;13-/m....1/s1. The lowest BCUT2D eigenvalue weighted by molar-refractivity contribution is 0.149. The Morgan fingerprint density at radius 1 is 0.333 bits per heavy atom. The van der Waals surface area contributed by atoms with Crippen molar-refractivity contribution in [3.05, 3.63) is 289 Å². The summed E-state index contributed by atoms with van der Waals surface area (Å²) in [5.41, 5.74) is 12.9. The first-order valence-electron chi connectivity index (χ1n) is 46.9. The number of hydrogen-bond acceptors (Lipinski definition) is 25. The van der Waals surface area contributed by atoms with Gasteiger partial charge in [-0.2, -0.15) is 5.10 Å². The first kappa shape index (κ1) is 86.5. The molecule has 11 aromatic heterocycles. The zero-order valence-corrected chi connectivity index (χ0v) is 75.7. The van der Waals surface area contributed by atoms with Crippen molar-refractivity contribution in [3.63, 3.8) is 0 Å². The molecule has 2 unspecified atom stereocenters. The third kappa shape index (κ3) is 19.2. The highest BCUT2D eigenvalue weighted by Crippen LogP contribution is 2.39. The molecule has 29 heteroatoms. The van der Waals surface area contributed by atoms with Gasteiger partial charge in [0.1, 0.15) is 75.8 Å². The second kappa shape index (κ2) is 38.6. The van der Waals surface area contributed by atoms with Crippen molar-refractivity contribution in [2.75, 3.05) is 117 Å². The molecule has 0 bridgehead atoms. The van der Waals surface area contributed by atoms with Gasteiger partial charge >= 0.3 is 0 Å². The van der Waals surface area contributed by atoms with Crippen LogP contribution in [-0.2, 0) is 26.2 Å². The molecular weight excluding hydrogens is 1690 g/mol. The Morgan fingerprint density at radius 2 is 0.696 bits per heavy atom. The summed E-state index contributed by atoms with van der Waals surface area (Å²) >= 11 is 0. The number of alkyl halides is 3. The fourth-order valence-electron chi connectivity index (χ4n) is 19.3. The minimum atomic E-state index is -1.06. The summed E-state index contributed by atoms with van der Waals surface area (Å²) in [6, 6.07) is 61.5. The Balaban J connectivity index is 0.000000101. The van der Waals surface area contributed by atoms with Crippen molar-refractivity contribution in [1.82, 2.24) is 60.0 Å². The molecule has 5 fully saturated rings. The van der Waals surface area contributed by atoms with Gasteiger partial charge in [0, 0.05) is 192 Å². The summed E-state index contributed by atoms with van der Waals surface area (Å²) in [7, 11) is 0. The zero-order valence-electron chi connectivity index (χ0n) is 75.7. The minimum Gasteiger partial charge on any atom is -0.356 e. The monoisotopic (exact) mass is 1800 g/mol. The summed E-state index contributed by atoms with van der Waals surface area (Å²) < 4.78 is 41.8. The van der Waals surface area contributed by atoms with E-state index in [9.17, 15) is 13.2 Å². The van der Waals surface area contributed by atoms with Gasteiger partial charge in [0.25, 0.3) is 0 Å². The number of nitrogens with one attached hydrogen (secondary N) is 6. The molecule has 0 saturated carbocycles. The van der Waals surface area contributed by atoms with Crippen LogP contribution in [0.15, 0.2) is 264 Å². The Kier molecular flexibility index (Phi) is 24.7. The van der Waals surface area contributed by atoms with Gasteiger partial charge in [-0.15, -0.1) is 0 Å². The Bertz CT molecular complexity index is 7040. The van der Waals surface area contributed by atoms with Crippen LogP contribution in [0.25, 0.3) is 64.9 Å². The lowest BCUT2D eigenvalue weighted by Crippen LogP contribution is -2.40. The van der Waals surface area contributed by atoms with Crippen molar-refractivity contribution in [1.29, 1.82) is 0 Å². The number of pyridine rings is 10. The average molecular weight is 1800 g/mol. The summed E-state index contributed by atoms with van der Waals surface area (Å²) in [6.45, 7) is 17.2. The number of nitrogens with zero attached hydrogens (tertiary/aromatic N) is 20. The molecule has 0 aliphatic carbocycles. The van der Waals surface area contributed by atoms with Crippen LogP contribution in [0.3, 0.4) is 0 Å². The van der Waals surface area contributed by atoms with Crippen LogP contribution in [0.2, 0.25) is 0 Å². The van der Waals surface area contributed by atoms with Crippen LogP contribution >= 0.6 is 0 Å². The molecule has 26 nitrogen and oxygen atoms in total. The van der Waals surface area contributed by atoms with Gasteiger partial charge in [0.2, 0.25) is 0 Å². The molecule has 5 saturated heterocycles. The average Bonchev–Trinajstić information content (AvgIpc) is 1.41. The van der Waals surface area contributed by atoms with E-state index in [4.69, 9.17) is 4.98 Å². The highest BCUT2D eigenvalue weighted by Gasteiger charge is 2.33. The fourth-order valence-corrected chi connectivity index (χ4v) is 19.3. The van der Waals surface area contributed by atoms with Gasteiger partial charge < -0.3 is 51.1 Å². The topological polar surface area (TPSA) is 283 Å². The maximum atomic E-state index is 14.2. The lowest BCUT2D eigenvalue weighted by atomic mass is 9.95. The first-order chi connectivity index (χ1) is 66.2. The second-order valence-corrected chi connectivity index (χ2v) is 36.4. The van der Waals surface area contributed by atoms with E-state index < -0.39 is 18.0 Å². The number of fused-ring (bicyclic) bond motifs is 10. The molecule has 9 aliphatic heterocycles. The van der Waals surface area contributed by atoms with E-state index in [0.717, 1.165) is 228 Å². The van der Waals surface area contributed by atoms with E-state index in [-0.39, 0.29) is 0 Å². The molecule has 25 rings (SSSR count). The smallest absolute Gasteiger partial charge is 0.183 e. The van der Waals surface area contributed by atoms with E-state index >= 15 is 0 Å². The van der Waals surface area contributed by atoms with E-state index in [1.165, 1.54) is 46.4 Å². The molecule has 9 aliphatic rings. The van der Waals surface area contributed by atoms with Crippen molar-refractivity contribution in [2.45, 2.75) is 123 Å². The first-order valence-corrected chi connectivity index (χ1v) is 46.9. The highest BCUT2D eigenvalue weighted by atomic mass is 19.1. The molecule has 0 radical (unpaired) electrons. The number of hydrogen-bond donors (Lipinski definition) is 6. The number of benzene rings is 5. The zero-order chi connectivity index (χ0) is 91.3. The maximum absolute atomic E-state index is 14.2. The van der Waals surface area contributed by atoms with Gasteiger partial charge in [-0.3, -0.25) is 45.0 Å². The highest BCUT2D eigenvalue weighted by molar-refractivity contribution is 6.14. The van der Waals surface area contributed by atoms with Crippen LogP contribution < -0.4 is 51.1 Å². The Labute approximate surface area is 780 Å². The normalized spacial score (nSPS) is 18.1. The van der Waals surface area contributed by atoms with Gasteiger partial charge in [-0.25, -0.2) is 43.1 Å². The quantitative estimate of drug-likeness (QED) is 0.0702. The molecule has 20 heterocycles. The van der Waals surface area contributed by atoms with E-state index in [1.54, 1.807) is 44.1 Å². The second-order valence-electron chi connectivity index (χ2n) is 36.4. The number of piperidine rings is 4. The van der Waals surface area contributed by atoms with Crippen LogP contribution in [0, 0.1) is 11.8 Å². The van der Waals surface area contributed by atoms with Gasteiger partial charge in [0.05, 0.1) is 50.3 Å². The van der Waals surface area contributed by atoms with Crippen LogP contribution in [0.5, 0.6) is 0 Å². The molecule has 680 valence electrons. The van der Waals surface area contributed by atoms with E-state index in [0.29, 0.717) is 83.7 Å². The number of aromatic amines is 1. The fraction of sp³-hybridized carbons (Fsp3) is 0.292. The SMILES string of the molecule is CC1(F)CCN(c2nccc3cc(NC4=NCc5cccnc54)ccc23)CC1.CC1CCN(c2nccc3cc(NC4=NCc5cccnc54)ccc23)CC1.C[C@@H]1CCN(c2nccc3cc(Nc4[nH]nc5ncccc45)ccc23)C1.FC1CCCN(c2nccc3cc(NC4=NCc5cccnc54)ccc23)C1.FC1CCCN(c2nccc3cc(NC4=NCc5ncccc54)ccc23)C1. The van der Waals surface area contributed by atoms with E-state index in [1.807, 2.05) is 104 Å². The van der Waals surface area contributed by atoms with Crippen LogP contribution in [-0.4, -0.2) is 167 Å². The van der Waals surface area contributed by atoms with Gasteiger partial charge in [-0.05, 0) is 267 Å². The van der Waals surface area contributed by atoms with Crippen molar-refractivity contribution < 1.29 is 13.2 Å². The summed E-state index contributed by atoms with van der Waals surface area (Å²) in [5, 5.41) is 36.5. The molecule has 0 spiro atoms. The summed E-state index contributed by atoms with van der Waals surface area (Å²) in [5.74, 6) is 10.6. The molecule has 5 aromatic carbocycles. The lowest BCUT2D eigenvalue weighted by Gasteiger charge is -2.35. The minimum absolute atomic E-state index is 0.422. The summed E-state index contributed by atoms with van der Waals surface area (Å²) in [4.78, 5) is 74.4. The Morgan fingerprint density at radius 3 is 1.13 bits per heavy atom. The summed E-state index contributed by atoms with van der Waals surface area (Å²) in [6.07, 6.45) is 24.5. The van der Waals surface area contributed by atoms with Gasteiger partial charge in [-0.1, -0.05) is 32.0 Å². The number of halogens is 3. The number of amidine groups is 4. The van der Waals surface area contributed by atoms with Crippen molar-refractivity contribution in [3.8, 4) is 0 Å².